The number of Topliss-reactive ketones (excluding diaryl/α,β-unsaturated/α-hetero) is 2. The maximum atomic E-state index is 12.2. The highest BCUT2D eigenvalue weighted by Gasteiger charge is 2.28. The van der Waals surface area contributed by atoms with E-state index in [1.165, 1.54) is 38.3 Å². The summed E-state index contributed by atoms with van der Waals surface area (Å²) in [6, 6.07) is 21.6. The highest BCUT2D eigenvalue weighted by molar-refractivity contribution is 5.94. The van der Waals surface area contributed by atoms with Gasteiger partial charge < -0.3 is 14.6 Å². The monoisotopic (exact) mass is 603 g/mol. The minimum atomic E-state index is -5.19. The third-order valence-electron chi connectivity index (χ3n) is 4.00. The maximum Gasteiger partial charge on any atom is 0.430 e. The number of carboxylic acid groups (broad SMARTS) is 1. The molecule has 0 bridgehead atoms. The summed E-state index contributed by atoms with van der Waals surface area (Å²) >= 11 is -0.189. The molecule has 0 aliphatic carbocycles. The van der Waals surface area contributed by atoms with Crippen molar-refractivity contribution in [1.29, 1.82) is 0 Å². The summed E-state index contributed by atoms with van der Waals surface area (Å²) in [5.41, 5.74) is 1.32. The second kappa shape index (κ2) is 14.2. The Balaban J connectivity index is 0.000000303. The number of benzene rings is 3. The summed E-state index contributed by atoms with van der Waals surface area (Å²) in [4.78, 5) is 30.6. The van der Waals surface area contributed by atoms with Gasteiger partial charge in [-0.25, -0.2) is 4.39 Å². The molecule has 3 aromatic rings. The predicted molar refractivity (Wildman–Crippen MR) is 114 cm³/mol. The van der Waals surface area contributed by atoms with Crippen LogP contribution in [0.5, 0.6) is 5.75 Å². The molecule has 10 heteroatoms. The molecule has 0 spiro atoms. The zero-order valence-electron chi connectivity index (χ0n) is 18.9. The minimum absolute atomic E-state index is 0.0417. The number of ketones is 2. The number of ether oxygens (including phenoxy) is 1. The van der Waals surface area contributed by atoms with Gasteiger partial charge in [0.2, 0.25) is 0 Å². The van der Waals surface area contributed by atoms with Gasteiger partial charge in [-0.15, -0.1) is 0 Å². The average molecular weight is 603 g/mol. The first-order valence-corrected chi connectivity index (χ1v) is 11.9. The Labute approximate surface area is 210 Å². The Morgan fingerprint density at radius 1 is 0.743 bits per heavy atom. The summed E-state index contributed by atoms with van der Waals surface area (Å²) in [6.45, 7) is 3.04. The van der Waals surface area contributed by atoms with Crippen LogP contribution in [-0.4, -0.2) is 30.8 Å². The van der Waals surface area contributed by atoms with E-state index in [0.717, 1.165) is 11.3 Å². The molecule has 5 nitrogen and oxygen atoms in total. The fraction of sp³-hybridized carbons (Fsp3) is 0.160. The van der Waals surface area contributed by atoms with Gasteiger partial charge in [-0.05, 0) is 86.6 Å². The highest BCUT2D eigenvalue weighted by atomic mass is 127. The van der Waals surface area contributed by atoms with Gasteiger partial charge in [0.1, 0.15) is 17.5 Å². The van der Waals surface area contributed by atoms with Crippen LogP contribution in [-0.2, 0) is 4.79 Å². The Kier molecular flexibility index (Phi) is 12.1. The third-order valence-corrected chi connectivity index (χ3v) is 6.68. The molecular formula is C25H21F4IO5. The number of halogens is 5. The molecule has 0 saturated carbocycles. The highest BCUT2D eigenvalue weighted by Crippen LogP contribution is 2.11. The molecule has 0 aromatic heterocycles. The number of methoxy groups -OCH3 is 1. The average Bonchev–Trinajstić information content (AvgIpc) is 2.80. The first-order valence-electron chi connectivity index (χ1n) is 9.78. The van der Waals surface area contributed by atoms with E-state index in [1.54, 1.807) is 14.0 Å². The van der Waals surface area contributed by atoms with E-state index in [1.807, 2.05) is 36.4 Å². The number of rotatable bonds is 5. The fourth-order valence-electron chi connectivity index (χ4n) is 2.19. The first kappa shape index (κ1) is 29.8. The van der Waals surface area contributed by atoms with E-state index in [9.17, 15) is 27.2 Å². The number of carboxylic acids is 1. The van der Waals surface area contributed by atoms with Gasteiger partial charge in [0, 0.05) is 11.1 Å². The normalized spacial score (nSPS) is 10.1. The Morgan fingerprint density at radius 3 is 1.40 bits per heavy atom. The smallest absolute Gasteiger partial charge is 0.430 e. The molecule has 0 aliphatic rings. The standard InChI is InChI=1S/C15H14IO2.C8H7FO.C2HF3O2/c1-11(17)12-3-5-13(6-4-12)16-14-7-9-15(18-2)10-8-14;1-6(10)7-2-4-8(9)5-3-7;3-2(4,5)1(6)7/h3-10H,1-2H3;2-5H,1H3;(H,6,7)/q+1;;/p-1/i;9-1;. The van der Waals surface area contributed by atoms with Crippen molar-refractivity contribution in [3.8, 4) is 5.75 Å². The largest absolute Gasteiger partial charge is 0.542 e. The van der Waals surface area contributed by atoms with Crippen LogP contribution < -0.4 is 31.0 Å². The third kappa shape index (κ3) is 11.6. The van der Waals surface area contributed by atoms with Gasteiger partial charge in [0.05, 0.1) is 7.11 Å². The maximum absolute atomic E-state index is 12.2. The van der Waals surface area contributed by atoms with Gasteiger partial charge in [0.25, 0.3) is 0 Å². The lowest BCUT2D eigenvalue weighted by molar-refractivity contribution is -0.597. The lowest BCUT2D eigenvalue weighted by Crippen LogP contribution is -3.61. The number of carbonyl (C=O) groups excluding carboxylic acids is 3. The first-order chi connectivity index (χ1) is 16.3. The predicted octanol–water partition coefficient (Wildman–Crippen LogP) is 1.35. The van der Waals surface area contributed by atoms with Crippen LogP contribution in [0.15, 0.2) is 72.8 Å². The van der Waals surface area contributed by atoms with E-state index >= 15 is 0 Å². The zero-order chi connectivity index (χ0) is 26.6. The summed E-state index contributed by atoms with van der Waals surface area (Å²) in [7, 11) is 1.67. The Bertz CT molecular complexity index is 1110. The van der Waals surface area contributed by atoms with Crippen molar-refractivity contribution < 1.29 is 63.0 Å². The van der Waals surface area contributed by atoms with Crippen molar-refractivity contribution in [3.05, 3.63) is 96.9 Å². The molecule has 35 heavy (non-hydrogen) atoms. The van der Waals surface area contributed by atoms with Gasteiger partial charge >= 0.3 is 27.4 Å². The molecule has 0 heterocycles. The number of alkyl halides is 3. The molecule has 0 amide bonds. The van der Waals surface area contributed by atoms with Crippen molar-refractivity contribution in [2.24, 2.45) is 0 Å². The SMILES string of the molecule is CC(=O)c1ccc([18F])cc1.COc1ccc([I+]c2ccc(C(C)=O)cc2)cc1.O=C([O-])C(F)(F)F. The molecule has 0 saturated heterocycles. The van der Waals surface area contributed by atoms with Gasteiger partial charge in [-0.3, -0.25) is 9.59 Å². The summed E-state index contributed by atoms with van der Waals surface area (Å²) < 4.78 is 51.6. The van der Waals surface area contributed by atoms with Crippen LogP contribution in [0.3, 0.4) is 0 Å². The van der Waals surface area contributed by atoms with Crippen molar-refractivity contribution in [3.63, 3.8) is 0 Å². The van der Waals surface area contributed by atoms with Crippen molar-refractivity contribution >= 4 is 17.5 Å². The van der Waals surface area contributed by atoms with Crippen LogP contribution in [0.25, 0.3) is 0 Å². The number of aliphatic carboxylic acids is 1. The quantitative estimate of drug-likeness (QED) is 0.250. The van der Waals surface area contributed by atoms with Gasteiger partial charge in [0.15, 0.2) is 18.7 Å². The summed E-state index contributed by atoms with van der Waals surface area (Å²) in [5.74, 6) is -2.36. The summed E-state index contributed by atoms with van der Waals surface area (Å²) in [5, 5.41) is 8.78. The molecule has 3 aromatic carbocycles. The van der Waals surface area contributed by atoms with Crippen LogP contribution in [0.4, 0.5) is 17.6 Å². The van der Waals surface area contributed by atoms with Crippen LogP contribution in [0.2, 0.25) is 0 Å². The molecular weight excluding hydrogens is 582 g/mol. The van der Waals surface area contributed by atoms with E-state index in [0.29, 0.717) is 5.56 Å². The molecule has 0 fully saturated rings. The molecule has 186 valence electrons. The van der Waals surface area contributed by atoms with Crippen molar-refractivity contribution in [2.45, 2.75) is 20.0 Å². The lowest BCUT2D eigenvalue weighted by atomic mass is 10.1. The van der Waals surface area contributed by atoms with Crippen LogP contribution in [0, 0.1) is 13.0 Å². The molecule has 0 N–H and O–H groups in total. The molecule has 0 unspecified atom stereocenters. The second-order valence-corrected chi connectivity index (χ2v) is 9.69. The van der Waals surface area contributed by atoms with E-state index < -0.39 is 12.1 Å². The Morgan fingerprint density at radius 2 is 1.09 bits per heavy atom. The zero-order valence-corrected chi connectivity index (χ0v) is 21.0. The van der Waals surface area contributed by atoms with Crippen LogP contribution in [0.1, 0.15) is 34.6 Å². The molecule has 0 aliphatic heterocycles. The van der Waals surface area contributed by atoms with Crippen molar-refractivity contribution in [2.75, 3.05) is 7.11 Å². The topological polar surface area (TPSA) is 83.5 Å². The Hall–Kier alpha value is -3.28. The number of hydrogen-bond donors (Lipinski definition) is 0. The van der Waals surface area contributed by atoms with Crippen molar-refractivity contribution in [1.82, 2.24) is 0 Å². The molecule has 0 atom stereocenters. The van der Waals surface area contributed by atoms with E-state index in [4.69, 9.17) is 14.6 Å². The van der Waals surface area contributed by atoms with E-state index in [-0.39, 0.29) is 38.6 Å². The number of carbonyl (C=O) groups is 3. The second-order valence-electron chi connectivity index (χ2n) is 6.66. The van der Waals surface area contributed by atoms with Gasteiger partial charge in [-0.1, -0.05) is 0 Å². The molecule has 0 radical (unpaired) electrons. The number of hydrogen-bond acceptors (Lipinski definition) is 5. The minimum Gasteiger partial charge on any atom is -0.542 e. The fourth-order valence-corrected chi connectivity index (χ4v) is 4.35. The van der Waals surface area contributed by atoms with Gasteiger partial charge in [-0.2, -0.15) is 13.2 Å². The summed E-state index contributed by atoms with van der Waals surface area (Å²) in [6.07, 6.45) is -5.19. The van der Waals surface area contributed by atoms with E-state index in [2.05, 4.69) is 12.1 Å². The van der Waals surface area contributed by atoms with Crippen LogP contribution >= 0.6 is 0 Å². The lowest BCUT2D eigenvalue weighted by Gasteiger charge is -2.03. The molecule has 3 rings (SSSR count).